The van der Waals surface area contributed by atoms with Crippen LogP contribution in [0.1, 0.15) is 12.5 Å². The topological polar surface area (TPSA) is 78.5 Å². The molecule has 33 heavy (non-hydrogen) atoms. The van der Waals surface area contributed by atoms with Crippen LogP contribution in [0.2, 0.25) is 0 Å². The molecule has 0 spiro atoms. The number of imide groups is 1. The molecule has 1 fully saturated rings. The molecule has 0 aromatic heterocycles. The van der Waals surface area contributed by atoms with E-state index in [9.17, 15) is 23.2 Å². The van der Waals surface area contributed by atoms with Gasteiger partial charge >= 0.3 is 6.03 Å². The van der Waals surface area contributed by atoms with Gasteiger partial charge in [-0.15, -0.1) is 0 Å². The fourth-order valence-corrected chi connectivity index (χ4v) is 4.43. The normalized spacial score (nSPS) is 17.7. The van der Waals surface area contributed by atoms with E-state index in [0.29, 0.717) is 10.6 Å². The number of carbonyl (C=O) groups excluding carboxylic acids is 3. The van der Waals surface area contributed by atoms with E-state index in [4.69, 9.17) is 0 Å². The van der Waals surface area contributed by atoms with Crippen molar-refractivity contribution in [1.82, 2.24) is 10.2 Å². The van der Waals surface area contributed by atoms with Crippen LogP contribution in [0.25, 0.3) is 0 Å². The Morgan fingerprint density at radius 2 is 1.73 bits per heavy atom. The van der Waals surface area contributed by atoms with Crippen molar-refractivity contribution in [2.75, 3.05) is 11.9 Å². The molecule has 0 aliphatic carbocycles. The fraction of sp³-hybridized carbons (Fsp3) is 0.125. The lowest BCUT2D eigenvalue weighted by Gasteiger charge is -2.22. The van der Waals surface area contributed by atoms with E-state index in [-0.39, 0.29) is 5.56 Å². The van der Waals surface area contributed by atoms with Gasteiger partial charge in [-0.05, 0) is 49.4 Å². The Kier molecular flexibility index (Phi) is 6.15. The molecule has 1 unspecified atom stereocenters. The van der Waals surface area contributed by atoms with Crippen molar-refractivity contribution in [2.24, 2.45) is 0 Å². The molecule has 1 aliphatic rings. The third-order valence-electron chi connectivity index (χ3n) is 5.18. The minimum absolute atomic E-state index is 0.312. The Hall–Kier alpha value is -3.72. The van der Waals surface area contributed by atoms with Gasteiger partial charge in [-0.25, -0.2) is 13.6 Å². The minimum Gasteiger partial charge on any atom is -0.323 e. The summed E-state index contributed by atoms with van der Waals surface area (Å²) in [4.78, 5) is 40.6. The highest BCUT2D eigenvalue weighted by Crippen LogP contribution is 2.34. The van der Waals surface area contributed by atoms with Gasteiger partial charge in [0.25, 0.3) is 5.91 Å². The number of amides is 4. The third kappa shape index (κ3) is 4.58. The summed E-state index contributed by atoms with van der Waals surface area (Å²) < 4.78 is 28.0. The van der Waals surface area contributed by atoms with Crippen LogP contribution in [0.5, 0.6) is 0 Å². The molecule has 0 bridgehead atoms. The van der Waals surface area contributed by atoms with Crippen LogP contribution in [0.3, 0.4) is 0 Å². The molecule has 1 atom stereocenters. The van der Waals surface area contributed by atoms with Crippen molar-refractivity contribution < 1.29 is 23.2 Å². The van der Waals surface area contributed by atoms with Gasteiger partial charge in [-0.3, -0.25) is 14.5 Å². The molecule has 3 aromatic rings. The Morgan fingerprint density at radius 3 is 2.48 bits per heavy atom. The first kappa shape index (κ1) is 22.5. The Labute approximate surface area is 193 Å². The van der Waals surface area contributed by atoms with E-state index in [1.54, 1.807) is 12.1 Å². The number of rotatable bonds is 6. The molecule has 168 valence electrons. The van der Waals surface area contributed by atoms with Gasteiger partial charge in [-0.1, -0.05) is 42.1 Å². The number of hydrogen-bond donors (Lipinski definition) is 2. The van der Waals surface area contributed by atoms with Crippen LogP contribution >= 0.6 is 11.8 Å². The maximum absolute atomic E-state index is 14.3. The second-order valence-corrected chi connectivity index (χ2v) is 8.65. The molecule has 4 rings (SSSR count). The number of anilines is 1. The molecular weight excluding hydrogens is 448 g/mol. The standard InChI is InChI=1S/C24H19F2N3O3S/c1-24(17-13-15(25)11-12-18(17)26)22(31)29(23(32)28-24)14-21(30)27-19-9-5-6-10-20(19)33-16-7-3-2-4-8-16/h2-13H,14H2,1H3,(H,27,30)(H,28,32). The maximum Gasteiger partial charge on any atom is 0.325 e. The monoisotopic (exact) mass is 467 g/mol. The van der Waals surface area contributed by atoms with Gasteiger partial charge in [0.1, 0.15) is 23.7 Å². The molecule has 1 saturated heterocycles. The molecule has 0 saturated carbocycles. The van der Waals surface area contributed by atoms with Crippen molar-refractivity contribution in [3.8, 4) is 0 Å². The van der Waals surface area contributed by atoms with Crippen LogP contribution in [0.4, 0.5) is 19.3 Å². The van der Waals surface area contributed by atoms with Crippen molar-refractivity contribution in [3.05, 3.63) is 90.0 Å². The summed E-state index contributed by atoms with van der Waals surface area (Å²) >= 11 is 1.45. The maximum atomic E-state index is 14.3. The first-order valence-corrected chi connectivity index (χ1v) is 10.8. The molecular formula is C24H19F2N3O3S. The van der Waals surface area contributed by atoms with Crippen LogP contribution in [-0.4, -0.2) is 29.3 Å². The zero-order valence-electron chi connectivity index (χ0n) is 17.5. The van der Waals surface area contributed by atoms with Crippen LogP contribution in [0.15, 0.2) is 82.6 Å². The van der Waals surface area contributed by atoms with Crippen molar-refractivity contribution in [1.29, 1.82) is 0 Å². The summed E-state index contributed by atoms with van der Waals surface area (Å²) in [7, 11) is 0. The predicted molar refractivity (Wildman–Crippen MR) is 120 cm³/mol. The van der Waals surface area contributed by atoms with Gasteiger partial charge in [0.05, 0.1) is 5.69 Å². The highest BCUT2D eigenvalue weighted by atomic mass is 32.2. The first-order valence-electron chi connectivity index (χ1n) is 9.99. The summed E-state index contributed by atoms with van der Waals surface area (Å²) in [6.07, 6.45) is 0. The zero-order chi connectivity index (χ0) is 23.6. The van der Waals surface area contributed by atoms with E-state index in [0.717, 1.165) is 28.0 Å². The molecule has 3 aromatic carbocycles. The molecule has 9 heteroatoms. The van der Waals surface area contributed by atoms with E-state index < -0.39 is 41.6 Å². The van der Waals surface area contributed by atoms with E-state index in [2.05, 4.69) is 10.6 Å². The quantitative estimate of drug-likeness (QED) is 0.523. The molecule has 6 nitrogen and oxygen atoms in total. The van der Waals surface area contributed by atoms with Crippen LogP contribution < -0.4 is 10.6 Å². The van der Waals surface area contributed by atoms with Gasteiger partial charge in [0.15, 0.2) is 0 Å². The number of benzene rings is 3. The number of urea groups is 1. The summed E-state index contributed by atoms with van der Waals surface area (Å²) in [6, 6.07) is 18.5. The second kappa shape index (κ2) is 9.03. The summed E-state index contributed by atoms with van der Waals surface area (Å²) in [5.74, 6) is -3.05. The molecule has 4 amide bonds. The average Bonchev–Trinajstić information content (AvgIpc) is 3.01. The fourth-order valence-electron chi connectivity index (χ4n) is 3.51. The number of carbonyl (C=O) groups is 3. The van der Waals surface area contributed by atoms with E-state index in [1.165, 1.54) is 18.7 Å². The van der Waals surface area contributed by atoms with Gasteiger partial charge in [0, 0.05) is 15.4 Å². The van der Waals surface area contributed by atoms with Gasteiger partial charge < -0.3 is 10.6 Å². The average molecular weight is 467 g/mol. The van der Waals surface area contributed by atoms with Gasteiger partial charge in [-0.2, -0.15) is 0 Å². The summed E-state index contributed by atoms with van der Waals surface area (Å²) in [6.45, 7) is 0.691. The zero-order valence-corrected chi connectivity index (χ0v) is 18.3. The molecule has 2 N–H and O–H groups in total. The van der Waals surface area contributed by atoms with Crippen molar-refractivity contribution in [2.45, 2.75) is 22.3 Å². The predicted octanol–water partition coefficient (Wildman–Crippen LogP) is 4.52. The number of halogens is 2. The lowest BCUT2D eigenvalue weighted by molar-refractivity contribution is -0.133. The van der Waals surface area contributed by atoms with Crippen molar-refractivity contribution >= 4 is 35.3 Å². The smallest absolute Gasteiger partial charge is 0.323 e. The minimum atomic E-state index is -1.83. The molecule has 1 heterocycles. The summed E-state index contributed by atoms with van der Waals surface area (Å²) in [5.41, 5.74) is -1.62. The first-order chi connectivity index (χ1) is 15.8. The number of hydrogen-bond acceptors (Lipinski definition) is 4. The second-order valence-electron chi connectivity index (χ2n) is 7.53. The Morgan fingerprint density at radius 1 is 1.03 bits per heavy atom. The largest absolute Gasteiger partial charge is 0.325 e. The highest BCUT2D eigenvalue weighted by Gasteiger charge is 2.50. The number of nitrogens with one attached hydrogen (secondary N) is 2. The molecule has 0 radical (unpaired) electrons. The Bertz CT molecular complexity index is 1240. The van der Waals surface area contributed by atoms with E-state index >= 15 is 0 Å². The third-order valence-corrected chi connectivity index (χ3v) is 6.26. The Balaban J connectivity index is 1.50. The molecule has 1 aliphatic heterocycles. The van der Waals surface area contributed by atoms with Crippen LogP contribution in [-0.2, 0) is 15.1 Å². The highest BCUT2D eigenvalue weighted by molar-refractivity contribution is 7.99. The van der Waals surface area contributed by atoms with Crippen LogP contribution in [0, 0.1) is 11.6 Å². The lowest BCUT2D eigenvalue weighted by Crippen LogP contribution is -2.42. The lowest BCUT2D eigenvalue weighted by atomic mass is 9.91. The number of para-hydroxylation sites is 1. The SMILES string of the molecule is CC1(c2cc(F)ccc2F)NC(=O)N(CC(=O)Nc2ccccc2Sc2ccccc2)C1=O. The number of nitrogens with zero attached hydrogens (tertiary/aromatic N) is 1. The van der Waals surface area contributed by atoms with Crippen molar-refractivity contribution in [3.63, 3.8) is 0 Å². The summed E-state index contributed by atoms with van der Waals surface area (Å²) in [5, 5.41) is 5.09. The van der Waals surface area contributed by atoms with Gasteiger partial charge in [0.2, 0.25) is 5.91 Å². The van der Waals surface area contributed by atoms with E-state index in [1.807, 2.05) is 42.5 Å².